The molecule has 0 bridgehead atoms. The van der Waals surface area contributed by atoms with Gasteiger partial charge in [-0.05, 0) is 50.9 Å². The van der Waals surface area contributed by atoms with Gasteiger partial charge in [-0.3, -0.25) is 0 Å². The quantitative estimate of drug-likeness (QED) is 0.795. The third-order valence-electron chi connectivity index (χ3n) is 3.20. The first-order valence-electron chi connectivity index (χ1n) is 7.08. The smallest absolute Gasteiger partial charge is 0.0386 e. The zero-order chi connectivity index (χ0) is 13.5. The molecule has 1 unspecified atom stereocenters. The van der Waals surface area contributed by atoms with Crippen LogP contribution in [0.5, 0.6) is 0 Å². The van der Waals surface area contributed by atoms with Gasteiger partial charge < -0.3 is 10.2 Å². The van der Waals surface area contributed by atoms with Crippen LogP contribution in [0, 0.1) is 12.8 Å². The molecule has 0 heterocycles. The summed E-state index contributed by atoms with van der Waals surface area (Å²) in [5.74, 6) is 0.714. The van der Waals surface area contributed by atoms with Crippen LogP contribution in [0.4, 0.5) is 5.69 Å². The van der Waals surface area contributed by atoms with Gasteiger partial charge in [0.25, 0.3) is 0 Å². The summed E-state index contributed by atoms with van der Waals surface area (Å²) >= 11 is 0. The van der Waals surface area contributed by atoms with E-state index >= 15 is 0 Å². The van der Waals surface area contributed by atoms with Crippen molar-refractivity contribution in [3.8, 4) is 0 Å². The molecule has 1 rings (SSSR count). The highest BCUT2D eigenvalue weighted by Crippen LogP contribution is 2.18. The number of hydrogen-bond donors (Lipinski definition) is 1. The lowest BCUT2D eigenvalue weighted by Gasteiger charge is -2.31. The second-order valence-electron chi connectivity index (χ2n) is 5.53. The number of nitrogens with one attached hydrogen (secondary N) is 1. The third kappa shape index (κ3) is 4.69. The van der Waals surface area contributed by atoms with E-state index < -0.39 is 0 Å². The predicted octanol–water partition coefficient (Wildman–Crippen LogP) is 3.46. The molecule has 1 N–H and O–H groups in total. The van der Waals surface area contributed by atoms with Crippen LogP contribution < -0.4 is 10.2 Å². The Morgan fingerprint density at radius 1 is 1.17 bits per heavy atom. The van der Waals surface area contributed by atoms with Gasteiger partial charge in [0.1, 0.15) is 0 Å². The molecule has 1 aromatic rings. The normalized spacial score (nSPS) is 12.8. The predicted molar refractivity (Wildman–Crippen MR) is 81.4 cm³/mol. The van der Waals surface area contributed by atoms with Crippen LogP contribution in [0.25, 0.3) is 0 Å². The number of likely N-dealkylation sites (N-methyl/N-ethyl adjacent to an activating group) is 1. The van der Waals surface area contributed by atoms with Crippen molar-refractivity contribution in [1.82, 2.24) is 5.32 Å². The fraction of sp³-hybridized carbons (Fsp3) is 0.625. The maximum absolute atomic E-state index is 3.54. The minimum absolute atomic E-state index is 0.524. The second kappa shape index (κ2) is 7.42. The molecule has 0 aliphatic rings. The summed E-state index contributed by atoms with van der Waals surface area (Å²) in [5, 5.41) is 3.54. The Kier molecular flexibility index (Phi) is 6.20. The molecule has 0 spiro atoms. The first-order valence-corrected chi connectivity index (χ1v) is 7.08. The summed E-state index contributed by atoms with van der Waals surface area (Å²) < 4.78 is 0. The van der Waals surface area contributed by atoms with Gasteiger partial charge in [-0.2, -0.15) is 0 Å². The molecule has 0 radical (unpaired) electrons. The molecule has 0 saturated carbocycles. The Hall–Kier alpha value is -1.02. The van der Waals surface area contributed by atoms with Crippen molar-refractivity contribution in [3.05, 3.63) is 29.8 Å². The third-order valence-corrected chi connectivity index (χ3v) is 3.20. The lowest BCUT2D eigenvalue weighted by Crippen LogP contribution is -2.41. The van der Waals surface area contributed by atoms with Crippen LogP contribution in [0.1, 0.15) is 33.3 Å². The van der Waals surface area contributed by atoms with Crippen molar-refractivity contribution < 1.29 is 0 Å². The molecule has 0 aliphatic heterocycles. The fourth-order valence-corrected chi connectivity index (χ4v) is 2.25. The van der Waals surface area contributed by atoms with E-state index in [1.807, 2.05) is 0 Å². The topological polar surface area (TPSA) is 15.3 Å². The molecule has 18 heavy (non-hydrogen) atoms. The van der Waals surface area contributed by atoms with Crippen molar-refractivity contribution in [2.75, 3.05) is 24.5 Å². The van der Waals surface area contributed by atoms with Gasteiger partial charge in [0.05, 0.1) is 0 Å². The molecular formula is C16H28N2. The molecule has 0 aromatic heterocycles. The summed E-state index contributed by atoms with van der Waals surface area (Å²) in [6, 6.07) is 9.29. The highest BCUT2D eigenvalue weighted by atomic mass is 15.2. The summed E-state index contributed by atoms with van der Waals surface area (Å²) in [4.78, 5) is 2.46. The summed E-state index contributed by atoms with van der Waals surface area (Å²) in [7, 11) is 0. The largest absolute Gasteiger partial charge is 0.368 e. The van der Waals surface area contributed by atoms with E-state index in [1.165, 1.54) is 11.3 Å². The molecule has 2 heteroatoms. The molecule has 1 atom stereocenters. The van der Waals surface area contributed by atoms with E-state index in [9.17, 15) is 0 Å². The minimum atomic E-state index is 0.524. The molecular weight excluding hydrogens is 220 g/mol. The highest BCUT2D eigenvalue weighted by molar-refractivity contribution is 5.49. The highest BCUT2D eigenvalue weighted by Gasteiger charge is 2.12. The zero-order valence-corrected chi connectivity index (χ0v) is 12.5. The van der Waals surface area contributed by atoms with Crippen LogP contribution in [-0.2, 0) is 0 Å². The van der Waals surface area contributed by atoms with E-state index in [-0.39, 0.29) is 0 Å². The van der Waals surface area contributed by atoms with Crippen LogP contribution >= 0.6 is 0 Å². The summed E-state index contributed by atoms with van der Waals surface area (Å²) in [6.45, 7) is 14.3. The molecule has 1 aromatic carbocycles. The molecule has 0 aliphatic carbocycles. The SMILES string of the molecule is CCN(c1cccc(C)c1)C(C)CNCC(C)C. The van der Waals surface area contributed by atoms with Gasteiger partial charge in [0, 0.05) is 24.8 Å². The summed E-state index contributed by atoms with van der Waals surface area (Å²) in [6.07, 6.45) is 0. The Labute approximate surface area is 112 Å². The van der Waals surface area contributed by atoms with E-state index in [4.69, 9.17) is 0 Å². The monoisotopic (exact) mass is 248 g/mol. The molecule has 102 valence electrons. The second-order valence-corrected chi connectivity index (χ2v) is 5.53. The number of hydrogen-bond acceptors (Lipinski definition) is 2. The maximum atomic E-state index is 3.54. The van der Waals surface area contributed by atoms with E-state index in [1.54, 1.807) is 0 Å². The van der Waals surface area contributed by atoms with Gasteiger partial charge in [0.15, 0.2) is 0 Å². The van der Waals surface area contributed by atoms with Crippen LogP contribution in [0.2, 0.25) is 0 Å². The van der Waals surface area contributed by atoms with Crippen LogP contribution in [0.15, 0.2) is 24.3 Å². The van der Waals surface area contributed by atoms with Crippen molar-refractivity contribution in [2.45, 2.75) is 40.7 Å². The average Bonchev–Trinajstić information content (AvgIpc) is 2.29. The first kappa shape index (κ1) is 15.0. The van der Waals surface area contributed by atoms with Gasteiger partial charge in [-0.25, -0.2) is 0 Å². The standard InChI is InChI=1S/C16H28N2/c1-6-18(15(5)12-17-11-13(2)3)16-9-7-8-14(4)10-16/h7-10,13,15,17H,6,11-12H2,1-5H3. The van der Waals surface area contributed by atoms with Gasteiger partial charge in [-0.1, -0.05) is 26.0 Å². The van der Waals surface area contributed by atoms with Gasteiger partial charge in [0.2, 0.25) is 0 Å². The number of rotatable bonds is 7. The number of benzene rings is 1. The number of anilines is 1. The van der Waals surface area contributed by atoms with Gasteiger partial charge in [-0.15, -0.1) is 0 Å². The van der Waals surface area contributed by atoms with Crippen molar-refractivity contribution in [2.24, 2.45) is 5.92 Å². The number of nitrogens with zero attached hydrogens (tertiary/aromatic N) is 1. The van der Waals surface area contributed by atoms with E-state index in [2.05, 4.69) is 69.1 Å². The zero-order valence-electron chi connectivity index (χ0n) is 12.5. The maximum Gasteiger partial charge on any atom is 0.0386 e. The van der Waals surface area contributed by atoms with Crippen LogP contribution in [0.3, 0.4) is 0 Å². The Morgan fingerprint density at radius 3 is 2.44 bits per heavy atom. The van der Waals surface area contributed by atoms with Crippen molar-refractivity contribution in [3.63, 3.8) is 0 Å². The molecule has 0 amide bonds. The fourth-order valence-electron chi connectivity index (χ4n) is 2.25. The van der Waals surface area contributed by atoms with E-state index in [0.29, 0.717) is 12.0 Å². The molecule has 2 nitrogen and oxygen atoms in total. The Morgan fingerprint density at radius 2 is 1.89 bits per heavy atom. The Balaban J connectivity index is 2.59. The lowest BCUT2D eigenvalue weighted by molar-refractivity contribution is 0.511. The molecule has 0 saturated heterocycles. The van der Waals surface area contributed by atoms with E-state index in [0.717, 1.165) is 19.6 Å². The van der Waals surface area contributed by atoms with Crippen molar-refractivity contribution in [1.29, 1.82) is 0 Å². The van der Waals surface area contributed by atoms with Crippen molar-refractivity contribution >= 4 is 5.69 Å². The first-order chi connectivity index (χ1) is 8.54. The van der Waals surface area contributed by atoms with Gasteiger partial charge >= 0.3 is 0 Å². The number of aryl methyl sites for hydroxylation is 1. The minimum Gasteiger partial charge on any atom is -0.368 e. The lowest BCUT2D eigenvalue weighted by atomic mass is 10.1. The average molecular weight is 248 g/mol. The molecule has 0 fully saturated rings. The van der Waals surface area contributed by atoms with Crippen LogP contribution in [-0.4, -0.2) is 25.7 Å². The Bertz CT molecular complexity index is 347. The summed E-state index contributed by atoms with van der Waals surface area (Å²) in [5.41, 5.74) is 2.66.